The molecule has 0 fully saturated rings. The number of aromatic nitrogens is 4. The molecule has 0 radical (unpaired) electrons. The molecule has 6 nitrogen and oxygen atoms in total. The minimum atomic E-state index is -0.357. The lowest BCUT2D eigenvalue weighted by Crippen LogP contribution is -2.39. The molecular weight excluding hydrogens is 340 g/mol. The first-order valence-electron chi connectivity index (χ1n) is 8.87. The van der Waals surface area contributed by atoms with Crippen molar-refractivity contribution >= 4 is 11.2 Å². The van der Waals surface area contributed by atoms with Crippen LogP contribution in [0.3, 0.4) is 0 Å². The number of aryl methyl sites for hydroxylation is 2. The number of imidazole rings is 1. The van der Waals surface area contributed by atoms with E-state index in [1.54, 1.807) is 10.9 Å². The molecule has 4 rings (SSSR count). The minimum absolute atomic E-state index is 0.315. The van der Waals surface area contributed by atoms with Crippen LogP contribution in [0.15, 0.2) is 76.6 Å². The molecule has 0 bridgehead atoms. The predicted octanol–water partition coefficient (Wildman–Crippen LogP) is 2.19. The molecule has 2 aromatic heterocycles. The molecule has 27 heavy (non-hydrogen) atoms. The molecule has 0 aliphatic heterocycles. The minimum Gasteiger partial charge on any atom is -0.324 e. The maximum absolute atomic E-state index is 12.7. The summed E-state index contributed by atoms with van der Waals surface area (Å²) in [4.78, 5) is 29.8. The fourth-order valence-corrected chi connectivity index (χ4v) is 3.28. The van der Waals surface area contributed by atoms with Gasteiger partial charge in [0.1, 0.15) is 0 Å². The highest BCUT2D eigenvalue weighted by molar-refractivity contribution is 5.70. The van der Waals surface area contributed by atoms with E-state index in [2.05, 4.69) is 17.1 Å². The van der Waals surface area contributed by atoms with E-state index in [1.165, 1.54) is 12.6 Å². The van der Waals surface area contributed by atoms with E-state index in [0.29, 0.717) is 24.3 Å². The van der Waals surface area contributed by atoms with Gasteiger partial charge in [0.25, 0.3) is 5.56 Å². The van der Waals surface area contributed by atoms with E-state index in [1.807, 2.05) is 53.1 Å². The summed E-state index contributed by atoms with van der Waals surface area (Å²) in [5.41, 5.74) is 2.39. The van der Waals surface area contributed by atoms with Crippen LogP contribution >= 0.6 is 0 Å². The fraction of sp³-hybridized carbons (Fsp3) is 0.190. The van der Waals surface area contributed by atoms with Crippen LogP contribution in [0.4, 0.5) is 0 Å². The molecule has 0 atom stereocenters. The lowest BCUT2D eigenvalue weighted by molar-refractivity contribution is 0.659. The zero-order chi connectivity index (χ0) is 18.8. The summed E-state index contributed by atoms with van der Waals surface area (Å²) in [7, 11) is 1.51. The highest BCUT2D eigenvalue weighted by Crippen LogP contribution is 2.11. The van der Waals surface area contributed by atoms with Crippen molar-refractivity contribution in [1.29, 1.82) is 0 Å². The molecule has 0 unspecified atom stereocenters. The second kappa shape index (κ2) is 7.07. The first kappa shape index (κ1) is 17.0. The number of fused-ring (bicyclic) bond motifs is 1. The van der Waals surface area contributed by atoms with Gasteiger partial charge in [0.05, 0.1) is 12.9 Å². The van der Waals surface area contributed by atoms with Crippen molar-refractivity contribution < 1.29 is 0 Å². The largest absolute Gasteiger partial charge is 0.332 e. The quantitative estimate of drug-likeness (QED) is 0.548. The zero-order valence-corrected chi connectivity index (χ0v) is 15.1. The monoisotopic (exact) mass is 360 g/mol. The van der Waals surface area contributed by atoms with Crippen LogP contribution in [0, 0.1) is 0 Å². The number of hydrogen-bond acceptors (Lipinski definition) is 3. The van der Waals surface area contributed by atoms with Crippen LogP contribution in [0.1, 0.15) is 11.1 Å². The molecule has 0 aliphatic carbocycles. The maximum atomic E-state index is 12.7. The van der Waals surface area contributed by atoms with Crippen molar-refractivity contribution in [3.8, 4) is 0 Å². The Bertz CT molecular complexity index is 1190. The summed E-state index contributed by atoms with van der Waals surface area (Å²) in [6, 6.07) is 19.8. The highest BCUT2D eigenvalue weighted by Gasteiger charge is 2.16. The summed E-state index contributed by atoms with van der Waals surface area (Å²) in [6.07, 6.45) is 2.43. The van der Waals surface area contributed by atoms with Gasteiger partial charge in [-0.25, -0.2) is 9.78 Å². The summed E-state index contributed by atoms with van der Waals surface area (Å²) in [6.45, 7) is 0.999. The van der Waals surface area contributed by atoms with Crippen LogP contribution in [-0.4, -0.2) is 18.7 Å². The predicted molar refractivity (Wildman–Crippen MR) is 105 cm³/mol. The lowest BCUT2D eigenvalue weighted by atomic mass is 10.1. The van der Waals surface area contributed by atoms with Crippen molar-refractivity contribution in [1.82, 2.24) is 18.7 Å². The van der Waals surface area contributed by atoms with E-state index >= 15 is 0 Å². The molecule has 2 heterocycles. The van der Waals surface area contributed by atoms with Crippen molar-refractivity contribution in [2.75, 3.05) is 0 Å². The van der Waals surface area contributed by atoms with Gasteiger partial charge in [0.15, 0.2) is 11.2 Å². The zero-order valence-electron chi connectivity index (χ0n) is 15.1. The fourth-order valence-electron chi connectivity index (χ4n) is 3.28. The van der Waals surface area contributed by atoms with Gasteiger partial charge in [-0.15, -0.1) is 0 Å². The maximum Gasteiger partial charge on any atom is 0.332 e. The van der Waals surface area contributed by atoms with Gasteiger partial charge < -0.3 is 4.57 Å². The normalized spacial score (nSPS) is 11.1. The number of rotatable bonds is 5. The topological polar surface area (TPSA) is 61.8 Å². The third-order valence-corrected chi connectivity index (χ3v) is 4.77. The lowest BCUT2D eigenvalue weighted by Gasteiger charge is -2.10. The van der Waals surface area contributed by atoms with Crippen molar-refractivity contribution in [2.45, 2.75) is 19.5 Å². The van der Waals surface area contributed by atoms with Gasteiger partial charge in [-0.3, -0.25) is 13.9 Å². The summed E-state index contributed by atoms with van der Waals surface area (Å²) in [5.74, 6) is 0. The van der Waals surface area contributed by atoms with E-state index in [0.717, 1.165) is 16.6 Å². The second-order valence-electron chi connectivity index (χ2n) is 6.56. The van der Waals surface area contributed by atoms with E-state index < -0.39 is 0 Å². The van der Waals surface area contributed by atoms with Gasteiger partial charge in [-0.2, -0.15) is 0 Å². The van der Waals surface area contributed by atoms with E-state index in [-0.39, 0.29) is 11.2 Å². The van der Waals surface area contributed by atoms with Crippen molar-refractivity contribution in [2.24, 2.45) is 7.05 Å². The number of hydrogen-bond donors (Lipinski definition) is 0. The Labute approximate surface area is 156 Å². The SMILES string of the molecule is Cn1c(=O)c2c(ncn2CCc2ccccc2)n(Cc2ccccc2)c1=O. The van der Waals surface area contributed by atoms with Crippen LogP contribution in [0.5, 0.6) is 0 Å². The van der Waals surface area contributed by atoms with Gasteiger partial charge in [-0.05, 0) is 17.5 Å². The molecule has 0 aliphatic rings. The molecular formula is C21H20N4O2. The molecule has 0 amide bonds. The Morgan fingerprint density at radius 2 is 1.52 bits per heavy atom. The molecule has 2 aromatic carbocycles. The molecule has 0 saturated heterocycles. The van der Waals surface area contributed by atoms with Gasteiger partial charge in [0, 0.05) is 13.6 Å². The van der Waals surface area contributed by atoms with Crippen LogP contribution in [0.2, 0.25) is 0 Å². The molecule has 0 saturated carbocycles. The third-order valence-electron chi connectivity index (χ3n) is 4.77. The number of benzene rings is 2. The summed E-state index contributed by atoms with van der Waals surface area (Å²) >= 11 is 0. The standard InChI is InChI=1S/C21H20N4O2/c1-23-20(26)18-19(25(21(23)27)14-17-10-6-3-7-11-17)22-15-24(18)13-12-16-8-4-2-5-9-16/h2-11,15H,12-14H2,1H3. The Balaban J connectivity index is 1.77. The van der Waals surface area contributed by atoms with E-state index in [9.17, 15) is 9.59 Å². The number of nitrogens with zero attached hydrogens (tertiary/aromatic N) is 4. The van der Waals surface area contributed by atoms with Gasteiger partial charge in [0.2, 0.25) is 0 Å². The van der Waals surface area contributed by atoms with Crippen LogP contribution in [0.25, 0.3) is 11.2 Å². The Hall–Kier alpha value is -3.41. The van der Waals surface area contributed by atoms with Crippen molar-refractivity contribution in [3.63, 3.8) is 0 Å². The third kappa shape index (κ3) is 3.21. The first-order chi connectivity index (χ1) is 13.1. The van der Waals surface area contributed by atoms with Crippen LogP contribution < -0.4 is 11.2 Å². The Kier molecular flexibility index (Phi) is 4.46. The second-order valence-corrected chi connectivity index (χ2v) is 6.56. The molecule has 0 N–H and O–H groups in total. The molecule has 0 spiro atoms. The highest BCUT2D eigenvalue weighted by atomic mass is 16.2. The molecule has 6 heteroatoms. The average Bonchev–Trinajstić information content (AvgIpc) is 3.13. The van der Waals surface area contributed by atoms with E-state index in [4.69, 9.17) is 0 Å². The summed E-state index contributed by atoms with van der Waals surface area (Å²) < 4.78 is 4.56. The average molecular weight is 360 g/mol. The van der Waals surface area contributed by atoms with Crippen molar-refractivity contribution in [3.05, 3.63) is 99.0 Å². The Morgan fingerprint density at radius 1 is 0.889 bits per heavy atom. The first-order valence-corrected chi connectivity index (χ1v) is 8.87. The van der Waals surface area contributed by atoms with Gasteiger partial charge >= 0.3 is 5.69 Å². The smallest absolute Gasteiger partial charge is 0.324 e. The van der Waals surface area contributed by atoms with Gasteiger partial charge in [-0.1, -0.05) is 60.7 Å². The molecule has 4 aromatic rings. The summed E-state index contributed by atoms with van der Waals surface area (Å²) in [5, 5.41) is 0. The Morgan fingerprint density at radius 3 is 2.19 bits per heavy atom. The van der Waals surface area contributed by atoms with Crippen LogP contribution in [-0.2, 0) is 26.6 Å². The molecule has 136 valence electrons.